The molecule has 0 aliphatic heterocycles. The molecule has 0 saturated heterocycles. The van der Waals surface area contributed by atoms with Crippen molar-refractivity contribution in [2.45, 2.75) is 19.9 Å². The summed E-state index contributed by atoms with van der Waals surface area (Å²) in [6.45, 7) is 2.94. The molecular weight excluding hydrogens is 232 g/mol. The molecule has 3 heteroatoms. The lowest BCUT2D eigenvalue weighted by molar-refractivity contribution is 1.04. The van der Waals surface area contributed by atoms with Crippen molar-refractivity contribution in [3.05, 3.63) is 58.9 Å². The first-order valence-corrected chi connectivity index (χ1v) is 6.09. The largest absolute Gasteiger partial charge is 0.379 e. The lowest BCUT2D eigenvalue weighted by Gasteiger charge is -2.10. The van der Waals surface area contributed by atoms with Crippen LogP contribution in [0.2, 0.25) is 5.02 Å². The van der Waals surface area contributed by atoms with Gasteiger partial charge in [-0.15, -0.1) is 0 Å². The summed E-state index contributed by atoms with van der Waals surface area (Å²) < 4.78 is 0. The third-order valence-corrected chi connectivity index (χ3v) is 3.07. The maximum Gasteiger partial charge on any atom is 0.0718 e. The average Bonchev–Trinajstić information content (AvgIpc) is 2.38. The summed E-state index contributed by atoms with van der Waals surface area (Å²) in [6, 6.07) is 10.2. The number of hydrogen-bond acceptors (Lipinski definition) is 2. The van der Waals surface area contributed by atoms with Gasteiger partial charge in [0.2, 0.25) is 0 Å². The minimum Gasteiger partial charge on any atom is -0.379 e. The smallest absolute Gasteiger partial charge is 0.0718 e. The predicted molar refractivity (Wildman–Crippen MR) is 72.4 cm³/mol. The third kappa shape index (κ3) is 2.98. The molecule has 0 aliphatic carbocycles. The molecule has 0 spiro atoms. The highest BCUT2D eigenvalue weighted by Gasteiger charge is 2.02. The molecule has 1 N–H and O–H groups in total. The van der Waals surface area contributed by atoms with Gasteiger partial charge in [-0.2, -0.15) is 0 Å². The Morgan fingerprint density at radius 2 is 1.94 bits per heavy atom. The quantitative estimate of drug-likeness (QED) is 0.885. The van der Waals surface area contributed by atoms with Crippen LogP contribution >= 0.6 is 11.6 Å². The standard InChI is InChI=1S/C14H15ClN2/c1-2-11-5-3-4-6-12(11)9-17-14-10-16-8-7-13(14)15/h3-8,10,17H,2,9H2,1H3. The molecule has 2 rings (SSSR count). The molecule has 0 radical (unpaired) electrons. The molecule has 0 unspecified atom stereocenters. The first-order valence-electron chi connectivity index (χ1n) is 5.71. The summed E-state index contributed by atoms with van der Waals surface area (Å²) >= 11 is 6.06. The molecule has 2 nitrogen and oxygen atoms in total. The molecule has 0 atom stereocenters. The van der Waals surface area contributed by atoms with E-state index in [0.29, 0.717) is 5.02 Å². The van der Waals surface area contributed by atoms with Gasteiger partial charge >= 0.3 is 0 Å². The van der Waals surface area contributed by atoms with E-state index in [1.165, 1.54) is 11.1 Å². The Morgan fingerprint density at radius 3 is 2.65 bits per heavy atom. The summed E-state index contributed by atoms with van der Waals surface area (Å²) in [5.74, 6) is 0. The molecule has 0 bridgehead atoms. The van der Waals surface area contributed by atoms with E-state index in [-0.39, 0.29) is 0 Å². The second-order valence-electron chi connectivity index (χ2n) is 3.83. The molecule has 1 aromatic heterocycles. The van der Waals surface area contributed by atoms with E-state index in [0.717, 1.165) is 18.7 Å². The van der Waals surface area contributed by atoms with Crippen molar-refractivity contribution in [2.24, 2.45) is 0 Å². The van der Waals surface area contributed by atoms with Gasteiger partial charge in [0.05, 0.1) is 16.9 Å². The van der Waals surface area contributed by atoms with Crippen molar-refractivity contribution < 1.29 is 0 Å². The first kappa shape index (κ1) is 11.9. The fraction of sp³-hybridized carbons (Fsp3) is 0.214. The van der Waals surface area contributed by atoms with Gasteiger partial charge in [-0.05, 0) is 23.6 Å². The zero-order valence-electron chi connectivity index (χ0n) is 9.78. The highest BCUT2D eigenvalue weighted by atomic mass is 35.5. The highest BCUT2D eigenvalue weighted by Crippen LogP contribution is 2.20. The van der Waals surface area contributed by atoms with Crippen LogP contribution in [0.5, 0.6) is 0 Å². The zero-order chi connectivity index (χ0) is 12.1. The molecule has 17 heavy (non-hydrogen) atoms. The maximum atomic E-state index is 6.06. The Labute approximate surface area is 107 Å². The molecule has 1 heterocycles. The van der Waals surface area contributed by atoms with Crippen molar-refractivity contribution in [3.8, 4) is 0 Å². The summed E-state index contributed by atoms with van der Waals surface area (Å²) in [5.41, 5.74) is 3.54. The molecule has 0 saturated carbocycles. The van der Waals surface area contributed by atoms with E-state index < -0.39 is 0 Å². The predicted octanol–water partition coefficient (Wildman–Crippen LogP) is 3.91. The molecule has 2 aromatic rings. The van der Waals surface area contributed by atoms with Crippen LogP contribution in [0.1, 0.15) is 18.1 Å². The van der Waals surface area contributed by atoms with Gasteiger partial charge in [-0.1, -0.05) is 42.8 Å². The maximum absolute atomic E-state index is 6.06. The lowest BCUT2D eigenvalue weighted by atomic mass is 10.1. The highest BCUT2D eigenvalue weighted by molar-refractivity contribution is 6.33. The van der Waals surface area contributed by atoms with E-state index in [1.54, 1.807) is 18.5 Å². The molecule has 1 aromatic carbocycles. The molecule has 0 amide bonds. The van der Waals surface area contributed by atoms with E-state index in [9.17, 15) is 0 Å². The fourth-order valence-electron chi connectivity index (χ4n) is 1.77. The van der Waals surface area contributed by atoms with Gasteiger partial charge in [0.25, 0.3) is 0 Å². The van der Waals surface area contributed by atoms with Crippen LogP contribution in [0, 0.1) is 0 Å². The van der Waals surface area contributed by atoms with Crippen molar-refractivity contribution in [1.29, 1.82) is 0 Å². The summed E-state index contributed by atoms with van der Waals surface area (Å²) in [6.07, 6.45) is 4.48. The minimum atomic E-state index is 0.703. The summed E-state index contributed by atoms with van der Waals surface area (Å²) in [7, 11) is 0. The van der Waals surface area contributed by atoms with Crippen LogP contribution in [0.4, 0.5) is 5.69 Å². The van der Waals surface area contributed by atoms with Crippen molar-refractivity contribution in [3.63, 3.8) is 0 Å². The SMILES string of the molecule is CCc1ccccc1CNc1cnccc1Cl. The Bertz CT molecular complexity index is 497. The number of rotatable bonds is 4. The molecular formula is C14H15ClN2. The number of halogens is 1. The second kappa shape index (κ2) is 5.69. The summed E-state index contributed by atoms with van der Waals surface area (Å²) in [5, 5.41) is 4.01. The molecule has 0 fully saturated rings. The number of aromatic nitrogens is 1. The number of anilines is 1. The third-order valence-electron chi connectivity index (χ3n) is 2.74. The van der Waals surface area contributed by atoms with E-state index >= 15 is 0 Å². The van der Waals surface area contributed by atoms with Gasteiger partial charge in [-0.3, -0.25) is 4.98 Å². The number of hydrogen-bond donors (Lipinski definition) is 1. The fourth-order valence-corrected chi connectivity index (χ4v) is 1.94. The minimum absolute atomic E-state index is 0.703. The van der Waals surface area contributed by atoms with Crippen LogP contribution < -0.4 is 5.32 Å². The van der Waals surface area contributed by atoms with Crippen LogP contribution in [0.3, 0.4) is 0 Å². The van der Waals surface area contributed by atoms with Gasteiger partial charge in [0.1, 0.15) is 0 Å². The van der Waals surface area contributed by atoms with Crippen molar-refractivity contribution in [2.75, 3.05) is 5.32 Å². The Balaban J connectivity index is 2.10. The monoisotopic (exact) mass is 246 g/mol. The van der Waals surface area contributed by atoms with Crippen LogP contribution in [-0.2, 0) is 13.0 Å². The van der Waals surface area contributed by atoms with Crippen molar-refractivity contribution >= 4 is 17.3 Å². The van der Waals surface area contributed by atoms with Gasteiger partial charge < -0.3 is 5.32 Å². The average molecular weight is 247 g/mol. The number of nitrogens with one attached hydrogen (secondary N) is 1. The van der Waals surface area contributed by atoms with Crippen LogP contribution in [0.15, 0.2) is 42.7 Å². The topological polar surface area (TPSA) is 24.9 Å². The Morgan fingerprint density at radius 1 is 1.18 bits per heavy atom. The first-order chi connectivity index (χ1) is 8.31. The molecule has 88 valence electrons. The van der Waals surface area contributed by atoms with Gasteiger partial charge in [-0.25, -0.2) is 0 Å². The number of nitrogens with zero attached hydrogens (tertiary/aromatic N) is 1. The normalized spacial score (nSPS) is 10.2. The molecule has 0 aliphatic rings. The number of pyridine rings is 1. The van der Waals surface area contributed by atoms with Crippen LogP contribution in [-0.4, -0.2) is 4.98 Å². The zero-order valence-corrected chi connectivity index (χ0v) is 10.5. The Hall–Kier alpha value is -1.54. The van der Waals surface area contributed by atoms with Crippen molar-refractivity contribution in [1.82, 2.24) is 4.98 Å². The Kier molecular flexibility index (Phi) is 3.99. The van der Waals surface area contributed by atoms with Gasteiger partial charge in [0.15, 0.2) is 0 Å². The van der Waals surface area contributed by atoms with Crippen LogP contribution in [0.25, 0.3) is 0 Å². The number of benzene rings is 1. The van der Waals surface area contributed by atoms with E-state index in [2.05, 4.69) is 41.5 Å². The lowest BCUT2D eigenvalue weighted by Crippen LogP contribution is -2.03. The summed E-state index contributed by atoms with van der Waals surface area (Å²) in [4.78, 5) is 4.05. The van der Waals surface area contributed by atoms with E-state index in [1.807, 2.05) is 0 Å². The second-order valence-corrected chi connectivity index (χ2v) is 4.24. The number of aryl methyl sites for hydroxylation is 1. The van der Waals surface area contributed by atoms with E-state index in [4.69, 9.17) is 11.6 Å². The van der Waals surface area contributed by atoms with Gasteiger partial charge in [0, 0.05) is 12.7 Å².